The third-order valence-electron chi connectivity index (χ3n) is 6.06. The number of carbonyl (C=O) groups is 1. The summed E-state index contributed by atoms with van der Waals surface area (Å²) in [6.07, 6.45) is 4.21. The lowest BCUT2D eigenvalue weighted by Gasteiger charge is -2.36. The molecular weight excluding hydrogens is 378 g/mol. The Bertz CT molecular complexity index is 931. The molecule has 3 N–H and O–H groups in total. The number of anilines is 1. The summed E-state index contributed by atoms with van der Waals surface area (Å²) in [6.45, 7) is 7.03. The third kappa shape index (κ3) is 4.63. The van der Waals surface area contributed by atoms with Gasteiger partial charge in [-0.15, -0.1) is 0 Å². The smallest absolute Gasteiger partial charge is 0.260 e. The van der Waals surface area contributed by atoms with Crippen molar-refractivity contribution in [1.82, 2.24) is 15.6 Å². The van der Waals surface area contributed by atoms with Gasteiger partial charge >= 0.3 is 0 Å². The average Bonchev–Trinajstić information content (AvgIpc) is 2.74. The maximum Gasteiger partial charge on any atom is 0.260 e. The number of rotatable bonds is 4. The average molecular weight is 410 g/mol. The maximum absolute atomic E-state index is 12.8. The van der Waals surface area contributed by atoms with Crippen LogP contribution in [-0.2, 0) is 4.74 Å². The van der Waals surface area contributed by atoms with Gasteiger partial charge in [-0.3, -0.25) is 10.2 Å². The first-order valence-corrected chi connectivity index (χ1v) is 10.9. The van der Waals surface area contributed by atoms with Gasteiger partial charge in [0.1, 0.15) is 5.82 Å². The van der Waals surface area contributed by atoms with Crippen molar-refractivity contribution in [3.05, 3.63) is 35.4 Å². The quantitative estimate of drug-likeness (QED) is 0.533. The summed E-state index contributed by atoms with van der Waals surface area (Å²) < 4.78 is 5.46. The van der Waals surface area contributed by atoms with Gasteiger partial charge in [0.2, 0.25) is 0 Å². The molecule has 7 nitrogen and oxygen atoms in total. The molecule has 2 fully saturated rings. The highest BCUT2D eigenvalue weighted by Crippen LogP contribution is 2.28. The SMILES string of the molecule is CC(=N)NC(=O)c1cc2cccc(C)c2nc1N1CCC(NC2CCOCC2)CC1. The minimum absolute atomic E-state index is 0.134. The van der Waals surface area contributed by atoms with E-state index in [9.17, 15) is 4.79 Å². The molecule has 1 amide bonds. The first kappa shape index (κ1) is 20.8. The molecule has 0 unspecified atom stereocenters. The molecule has 0 aliphatic carbocycles. The zero-order chi connectivity index (χ0) is 21.1. The van der Waals surface area contributed by atoms with Crippen LogP contribution in [0, 0.1) is 12.3 Å². The number of para-hydroxylation sites is 1. The lowest BCUT2D eigenvalue weighted by atomic mass is 10.0. The standard InChI is InChI=1S/C23H31N5O2/c1-15-4-3-5-17-14-20(23(29)25-16(2)24)22(27-21(15)17)28-10-6-18(7-11-28)26-19-8-12-30-13-9-19/h3-5,14,18-19,26H,6-13H2,1-2H3,(H2,24,25,29). The third-order valence-corrected chi connectivity index (χ3v) is 6.06. The molecule has 7 heteroatoms. The van der Waals surface area contributed by atoms with Gasteiger partial charge < -0.3 is 20.3 Å². The van der Waals surface area contributed by atoms with Crippen LogP contribution in [0.5, 0.6) is 0 Å². The Balaban J connectivity index is 1.55. The van der Waals surface area contributed by atoms with Crippen molar-refractivity contribution in [3.8, 4) is 0 Å². The van der Waals surface area contributed by atoms with Crippen LogP contribution in [0.3, 0.4) is 0 Å². The van der Waals surface area contributed by atoms with Gasteiger partial charge in [-0.2, -0.15) is 0 Å². The highest BCUT2D eigenvalue weighted by Gasteiger charge is 2.27. The van der Waals surface area contributed by atoms with Crippen LogP contribution in [0.25, 0.3) is 10.9 Å². The molecule has 3 heterocycles. The summed E-state index contributed by atoms with van der Waals surface area (Å²) in [5, 5.41) is 15.0. The number of fused-ring (bicyclic) bond motifs is 1. The first-order chi connectivity index (χ1) is 14.5. The van der Waals surface area contributed by atoms with E-state index in [0.717, 1.165) is 74.3 Å². The summed E-state index contributed by atoms with van der Waals surface area (Å²) in [7, 11) is 0. The van der Waals surface area contributed by atoms with Crippen molar-refractivity contribution in [3.63, 3.8) is 0 Å². The van der Waals surface area contributed by atoms with E-state index in [1.165, 1.54) is 0 Å². The van der Waals surface area contributed by atoms with Gasteiger partial charge in [0, 0.05) is 43.8 Å². The van der Waals surface area contributed by atoms with Crippen molar-refractivity contribution in [2.24, 2.45) is 0 Å². The molecule has 0 saturated carbocycles. The van der Waals surface area contributed by atoms with Crippen LogP contribution in [-0.4, -0.2) is 55.1 Å². The number of ether oxygens (including phenoxy) is 1. The molecule has 2 aromatic rings. The van der Waals surface area contributed by atoms with Crippen LogP contribution in [0.2, 0.25) is 0 Å². The molecule has 0 bridgehead atoms. The summed E-state index contributed by atoms with van der Waals surface area (Å²) in [6, 6.07) is 8.97. The van der Waals surface area contributed by atoms with Gasteiger partial charge in [-0.1, -0.05) is 18.2 Å². The lowest BCUT2D eigenvalue weighted by molar-refractivity contribution is 0.0738. The molecule has 2 aliphatic heterocycles. The number of amidine groups is 1. The van der Waals surface area contributed by atoms with Gasteiger partial charge in [0.15, 0.2) is 0 Å². The van der Waals surface area contributed by atoms with Crippen LogP contribution in [0.15, 0.2) is 24.3 Å². The van der Waals surface area contributed by atoms with Crippen LogP contribution in [0.1, 0.15) is 48.5 Å². The van der Waals surface area contributed by atoms with Crippen LogP contribution < -0.4 is 15.5 Å². The summed E-state index contributed by atoms with van der Waals surface area (Å²) in [4.78, 5) is 20.0. The number of piperidine rings is 1. The van der Waals surface area contributed by atoms with Crippen molar-refractivity contribution in [1.29, 1.82) is 5.41 Å². The van der Waals surface area contributed by atoms with Gasteiger partial charge in [-0.25, -0.2) is 4.98 Å². The zero-order valence-electron chi connectivity index (χ0n) is 17.8. The van der Waals surface area contributed by atoms with Crippen molar-refractivity contribution < 1.29 is 9.53 Å². The molecule has 1 aromatic heterocycles. The Labute approximate surface area is 177 Å². The Kier molecular flexibility index (Phi) is 6.29. The van der Waals surface area contributed by atoms with Crippen LogP contribution in [0.4, 0.5) is 5.82 Å². The molecule has 160 valence electrons. The Morgan fingerprint density at radius 1 is 1.17 bits per heavy atom. The van der Waals surface area contributed by atoms with E-state index in [4.69, 9.17) is 15.1 Å². The van der Waals surface area contributed by atoms with Crippen molar-refractivity contribution >= 4 is 28.5 Å². The second-order valence-corrected chi connectivity index (χ2v) is 8.40. The van der Waals surface area contributed by atoms with E-state index < -0.39 is 0 Å². The van der Waals surface area contributed by atoms with Gasteiger partial charge in [0.25, 0.3) is 5.91 Å². The fourth-order valence-corrected chi connectivity index (χ4v) is 4.44. The summed E-state index contributed by atoms with van der Waals surface area (Å²) >= 11 is 0. The van der Waals surface area contributed by atoms with Crippen LogP contribution >= 0.6 is 0 Å². The number of carbonyl (C=O) groups excluding carboxylic acids is 1. The molecular formula is C23H31N5O2. The molecule has 0 atom stereocenters. The Hall–Kier alpha value is -2.51. The first-order valence-electron chi connectivity index (χ1n) is 10.9. The lowest BCUT2D eigenvalue weighted by Crippen LogP contribution is -2.48. The number of amides is 1. The summed E-state index contributed by atoms with van der Waals surface area (Å²) in [5.41, 5.74) is 2.56. The molecule has 30 heavy (non-hydrogen) atoms. The second-order valence-electron chi connectivity index (χ2n) is 8.40. The monoisotopic (exact) mass is 409 g/mol. The number of aryl methyl sites for hydroxylation is 1. The number of aromatic nitrogens is 1. The number of hydrogen-bond acceptors (Lipinski definition) is 6. The maximum atomic E-state index is 12.8. The zero-order valence-corrected chi connectivity index (χ0v) is 17.8. The van der Waals surface area contributed by atoms with E-state index in [-0.39, 0.29) is 11.7 Å². The van der Waals surface area contributed by atoms with Gasteiger partial charge in [-0.05, 0) is 51.2 Å². The number of nitrogens with zero attached hydrogens (tertiary/aromatic N) is 2. The normalized spacial score (nSPS) is 18.5. The molecule has 1 aromatic carbocycles. The predicted octanol–water partition coefficient (Wildman–Crippen LogP) is 3.01. The van der Waals surface area contributed by atoms with E-state index >= 15 is 0 Å². The van der Waals surface area contributed by atoms with Crippen molar-refractivity contribution in [2.45, 2.75) is 51.6 Å². The molecule has 4 rings (SSSR count). The highest BCUT2D eigenvalue weighted by molar-refractivity contribution is 6.09. The number of pyridine rings is 1. The number of nitrogens with one attached hydrogen (secondary N) is 3. The fourth-order valence-electron chi connectivity index (χ4n) is 4.44. The second kappa shape index (κ2) is 9.10. The molecule has 0 spiro atoms. The largest absolute Gasteiger partial charge is 0.381 e. The van der Waals surface area contributed by atoms with E-state index in [0.29, 0.717) is 17.6 Å². The van der Waals surface area contributed by atoms with E-state index in [2.05, 4.69) is 15.5 Å². The topological polar surface area (TPSA) is 90.3 Å². The highest BCUT2D eigenvalue weighted by atomic mass is 16.5. The molecule has 2 aliphatic rings. The van der Waals surface area contributed by atoms with E-state index in [1.54, 1.807) is 6.92 Å². The Morgan fingerprint density at radius 2 is 1.87 bits per heavy atom. The van der Waals surface area contributed by atoms with Gasteiger partial charge in [0.05, 0.1) is 16.9 Å². The number of benzene rings is 1. The number of hydrogen-bond donors (Lipinski definition) is 3. The minimum atomic E-state index is -0.268. The predicted molar refractivity (Wildman–Crippen MR) is 120 cm³/mol. The van der Waals surface area contributed by atoms with E-state index in [1.807, 2.05) is 31.2 Å². The summed E-state index contributed by atoms with van der Waals surface area (Å²) in [5.74, 6) is 0.589. The molecule has 2 saturated heterocycles. The minimum Gasteiger partial charge on any atom is -0.381 e. The van der Waals surface area contributed by atoms with Crippen molar-refractivity contribution in [2.75, 3.05) is 31.2 Å². The fraction of sp³-hybridized carbons (Fsp3) is 0.522. The molecule has 0 radical (unpaired) electrons. The Morgan fingerprint density at radius 3 is 2.57 bits per heavy atom.